The van der Waals surface area contributed by atoms with E-state index in [4.69, 9.17) is 9.15 Å². The van der Waals surface area contributed by atoms with E-state index in [2.05, 4.69) is 36.4 Å². The van der Waals surface area contributed by atoms with Gasteiger partial charge in [-0.15, -0.1) is 0 Å². The van der Waals surface area contributed by atoms with Crippen LogP contribution in [0.3, 0.4) is 0 Å². The van der Waals surface area contributed by atoms with Crippen molar-refractivity contribution in [3.05, 3.63) is 35.6 Å². The van der Waals surface area contributed by atoms with Gasteiger partial charge in [0.2, 0.25) is 0 Å². The van der Waals surface area contributed by atoms with Gasteiger partial charge in [-0.25, -0.2) is 0 Å². The van der Waals surface area contributed by atoms with Crippen LogP contribution in [0.25, 0.3) is 11.0 Å². The molecule has 1 aromatic heterocycles. The summed E-state index contributed by atoms with van der Waals surface area (Å²) in [5.74, 6) is 0.961. The van der Waals surface area contributed by atoms with E-state index in [1.807, 2.05) is 12.1 Å². The highest BCUT2D eigenvalue weighted by atomic mass is 16.5. The zero-order valence-corrected chi connectivity index (χ0v) is 12.9. The molecule has 1 fully saturated rings. The molecule has 0 radical (unpaired) electrons. The largest absolute Gasteiger partial charge is 0.458 e. The number of fused-ring (bicyclic) bond motifs is 1. The number of hydrogen-bond acceptors (Lipinski definition) is 4. The Hall–Kier alpha value is -1.36. The van der Waals surface area contributed by atoms with Crippen molar-refractivity contribution in [2.45, 2.75) is 32.0 Å². The maximum absolute atomic E-state index is 5.98. The smallest absolute Gasteiger partial charge is 0.135 e. The molecule has 1 aliphatic rings. The van der Waals surface area contributed by atoms with Crippen LogP contribution < -0.4 is 5.32 Å². The molecule has 2 aromatic rings. The second-order valence-corrected chi connectivity index (χ2v) is 6.01. The molecule has 4 heteroatoms. The molecule has 1 heterocycles. The van der Waals surface area contributed by atoms with E-state index in [9.17, 15) is 0 Å². The Kier molecular flexibility index (Phi) is 4.58. The van der Waals surface area contributed by atoms with Crippen LogP contribution in [0.2, 0.25) is 0 Å². The van der Waals surface area contributed by atoms with E-state index >= 15 is 0 Å². The molecule has 1 aromatic carbocycles. The number of likely N-dealkylation sites (N-methyl/N-ethyl adjacent to an activating group) is 1. The third kappa shape index (κ3) is 3.84. The van der Waals surface area contributed by atoms with Gasteiger partial charge >= 0.3 is 0 Å². The Labute approximate surface area is 126 Å². The van der Waals surface area contributed by atoms with Crippen molar-refractivity contribution in [1.82, 2.24) is 10.2 Å². The summed E-state index contributed by atoms with van der Waals surface area (Å²) in [4.78, 5) is 2.12. The van der Waals surface area contributed by atoms with Crippen LogP contribution in [0.5, 0.6) is 0 Å². The molecule has 1 aliphatic carbocycles. The normalized spacial score (nSPS) is 15.2. The molecule has 0 atom stereocenters. The molecule has 1 saturated carbocycles. The molecule has 0 saturated heterocycles. The average Bonchev–Trinajstić information content (AvgIpc) is 3.23. The Bertz CT molecular complexity index is 587. The summed E-state index contributed by atoms with van der Waals surface area (Å²) in [5, 5.41) is 4.78. The second-order valence-electron chi connectivity index (χ2n) is 6.01. The number of hydrogen-bond donors (Lipinski definition) is 1. The number of nitrogens with zero attached hydrogens (tertiary/aromatic N) is 1. The van der Waals surface area contributed by atoms with E-state index < -0.39 is 0 Å². The molecule has 4 nitrogen and oxygen atoms in total. The van der Waals surface area contributed by atoms with E-state index in [0.717, 1.165) is 31.0 Å². The van der Waals surface area contributed by atoms with E-state index in [0.29, 0.717) is 12.6 Å². The molecule has 0 spiro atoms. The summed E-state index contributed by atoms with van der Waals surface area (Å²) in [6.07, 6.45) is 2.59. The lowest BCUT2D eigenvalue weighted by Gasteiger charge is -2.10. The maximum Gasteiger partial charge on any atom is 0.135 e. The summed E-state index contributed by atoms with van der Waals surface area (Å²) < 4.78 is 11.7. The Morgan fingerprint density at radius 3 is 2.86 bits per heavy atom. The first-order valence-electron chi connectivity index (χ1n) is 7.69. The first kappa shape index (κ1) is 14.6. The van der Waals surface area contributed by atoms with Gasteiger partial charge in [0, 0.05) is 30.1 Å². The Morgan fingerprint density at radius 2 is 2.10 bits per heavy atom. The van der Waals surface area contributed by atoms with E-state index in [1.165, 1.54) is 23.8 Å². The fraction of sp³-hybridized carbons (Fsp3) is 0.529. The van der Waals surface area contributed by atoms with Crippen LogP contribution in [0, 0.1) is 0 Å². The summed E-state index contributed by atoms with van der Waals surface area (Å²) in [6, 6.07) is 8.93. The lowest BCUT2D eigenvalue weighted by Crippen LogP contribution is -2.18. The molecule has 0 unspecified atom stereocenters. The number of nitrogens with one attached hydrogen (secondary N) is 1. The molecule has 114 valence electrons. The van der Waals surface area contributed by atoms with Crippen LogP contribution in [-0.4, -0.2) is 38.2 Å². The number of benzene rings is 1. The van der Waals surface area contributed by atoms with Gasteiger partial charge in [-0.2, -0.15) is 0 Å². The van der Waals surface area contributed by atoms with Gasteiger partial charge in [-0.1, -0.05) is 18.2 Å². The van der Waals surface area contributed by atoms with Gasteiger partial charge in [-0.05, 0) is 33.0 Å². The summed E-state index contributed by atoms with van der Waals surface area (Å²) in [7, 11) is 4.10. The fourth-order valence-electron chi connectivity index (χ4n) is 2.41. The number of furan rings is 1. The minimum atomic E-state index is 0.546. The predicted molar refractivity (Wildman–Crippen MR) is 84.3 cm³/mol. The van der Waals surface area contributed by atoms with Crippen molar-refractivity contribution in [1.29, 1.82) is 0 Å². The molecule has 0 bridgehead atoms. The van der Waals surface area contributed by atoms with Gasteiger partial charge in [0.15, 0.2) is 0 Å². The summed E-state index contributed by atoms with van der Waals surface area (Å²) in [6.45, 7) is 3.06. The molecule has 0 aliphatic heterocycles. The minimum absolute atomic E-state index is 0.546. The monoisotopic (exact) mass is 288 g/mol. The van der Waals surface area contributed by atoms with Gasteiger partial charge in [0.25, 0.3) is 0 Å². The highest BCUT2D eigenvalue weighted by Gasteiger charge is 2.22. The van der Waals surface area contributed by atoms with Crippen molar-refractivity contribution in [3.8, 4) is 0 Å². The Morgan fingerprint density at radius 1 is 1.29 bits per heavy atom. The summed E-state index contributed by atoms with van der Waals surface area (Å²) in [5.41, 5.74) is 2.21. The SMILES string of the molecule is CN(C)CCOCc1oc2ccccc2c1CNC1CC1. The fourth-order valence-corrected chi connectivity index (χ4v) is 2.41. The number of rotatable bonds is 8. The average molecular weight is 288 g/mol. The summed E-state index contributed by atoms with van der Waals surface area (Å²) >= 11 is 0. The van der Waals surface area contributed by atoms with Crippen LogP contribution in [0.4, 0.5) is 0 Å². The minimum Gasteiger partial charge on any atom is -0.458 e. The lowest BCUT2D eigenvalue weighted by atomic mass is 10.1. The third-order valence-corrected chi connectivity index (χ3v) is 3.84. The van der Waals surface area contributed by atoms with Crippen LogP contribution in [0.1, 0.15) is 24.2 Å². The van der Waals surface area contributed by atoms with Gasteiger partial charge in [-0.3, -0.25) is 0 Å². The topological polar surface area (TPSA) is 37.6 Å². The van der Waals surface area contributed by atoms with Crippen LogP contribution in [0.15, 0.2) is 28.7 Å². The molecular formula is C17H24N2O2. The van der Waals surface area contributed by atoms with Crippen molar-refractivity contribution >= 4 is 11.0 Å². The first-order valence-corrected chi connectivity index (χ1v) is 7.69. The molecule has 21 heavy (non-hydrogen) atoms. The Balaban J connectivity index is 1.70. The van der Waals surface area contributed by atoms with Gasteiger partial charge in [0.05, 0.1) is 6.61 Å². The van der Waals surface area contributed by atoms with Crippen LogP contribution >= 0.6 is 0 Å². The predicted octanol–water partition coefficient (Wildman–Crippen LogP) is 2.76. The lowest BCUT2D eigenvalue weighted by molar-refractivity contribution is 0.0929. The van der Waals surface area contributed by atoms with Crippen molar-refractivity contribution in [2.75, 3.05) is 27.2 Å². The molecule has 3 rings (SSSR count). The highest BCUT2D eigenvalue weighted by molar-refractivity contribution is 5.82. The molecular weight excluding hydrogens is 264 g/mol. The van der Waals surface area contributed by atoms with Crippen molar-refractivity contribution < 1.29 is 9.15 Å². The maximum atomic E-state index is 5.98. The quantitative estimate of drug-likeness (QED) is 0.758. The standard InChI is InChI=1S/C17H24N2O2/c1-19(2)9-10-20-12-17-15(11-18-13-7-8-13)14-5-3-4-6-16(14)21-17/h3-6,13,18H,7-12H2,1-2H3. The van der Waals surface area contributed by atoms with Gasteiger partial charge in [0.1, 0.15) is 18.0 Å². The zero-order valence-electron chi connectivity index (χ0n) is 12.9. The first-order chi connectivity index (χ1) is 10.2. The third-order valence-electron chi connectivity index (χ3n) is 3.84. The van der Waals surface area contributed by atoms with E-state index in [-0.39, 0.29) is 0 Å². The molecule has 1 N–H and O–H groups in total. The molecule has 0 amide bonds. The number of para-hydroxylation sites is 1. The van der Waals surface area contributed by atoms with Gasteiger partial charge < -0.3 is 19.4 Å². The van der Waals surface area contributed by atoms with Crippen molar-refractivity contribution in [2.24, 2.45) is 0 Å². The van der Waals surface area contributed by atoms with Crippen LogP contribution in [-0.2, 0) is 17.9 Å². The van der Waals surface area contributed by atoms with E-state index in [1.54, 1.807) is 0 Å². The highest BCUT2D eigenvalue weighted by Crippen LogP contribution is 2.28. The number of ether oxygens (including phenoxy) is 1. The zero-order chi connectivity index (χ0) is 14.7. The second kappa shape index (κ2) is 6.60. The van der Waals surface area contributed by atoms with Crippen molar-refractivity contribution in [3.63, 3.8) is 0 Å².